The van der Waals surface area contributed by atoms with Gasteiger partial charge in [-0.15, -0.1) is 0 Å². The van der Waals surface area contributed by atoms with Crippen LogP contribution in [0.2, 0.25) is 0 Å². The fourth-order valence-electron chi connectivity index (χ4n) is 3.02. The molecule has 28 heavy (non-hydrogen) atoms. The first-order valence-electron chi connectivity index (χ1n) is 9.15. The molecular formula is C21H25N5O2. The summed E-state index contributed by atoms with van der Waals surface area (Å²) < 4.78 is 0. The summed E-state index contributed by atoms with van der Waals surface area (Å²) >= 11 is 0. The van der Waals surface area contributed by atoms with E-state index >= 15 is 0 Å². The maximum atomic E-state index is 12.2. The number of aromatic nitrogens is 3. The number of rotatable bonds is 8. The van der Waals surface area contributed by atoms with Crippen LogP contribution in [0, 0.1) is 0 Å². The van der Waals surface area contributed by atoms with Crippen molar-refractivity contribution in [3.63, 3.8) is 0 Å². The number of aromatic amines is 1. The first kappa shape index (κ1) is 19.7. The Morgan fingerprint density at radius 3 is 2.64 bits per heavy atom. The maximum absolute atomic E-state index is 12.2. The highest BCUT2D eigenvalue weighted by molar-refractivity contribution is 5.61. The number of anilines is 1. The van der Waals surface area contributed by atoms with Crippen LogP contribution < -0.4 is 10.3 Å². The molecule has 0 aliphatic carbocycles. The van der Waals surface area contributed by atoms with Gasteiger partial charge >= 0.3 is 0 Å². The van der Waals surface area contributed by atoms with Crippen LogP contribution in [0.1, 0.15) is 11.4 Å². The highest BCUT2D eigenvalue weighted by Crippen LogP contribution is 2.20. The molecule has 3 aromatic rings. The van der Waals surface area contributed by atoms with Crippen molar-refractivity contribution in [1.29, 1.82) is 0 Å². The molecule has 3 aromatic heterocycles. The van der Waals surface area contributed by atoms with Gasteiger partial charge < -0.3 is 15.0 Å². The van der Waals surface area contributed by atoms with Gasteiger partial charge in [0.25, 0.3) is 0 Å². The number of likely N-dealkylation sites (N-methyl/N-ethyl adjacent to an activating group) is 1. The Balaban J connectivity index is 1.80. The lowest BCUT2D eigenvalue weighted by atomic mass is 10.2. The number of aliphatic hydroxyl groups is 1. The van der Waals surface area contributed by atoms with E-state index in [9.17, 15) is 4.79 Å². The number of hydrogen-bond donors (Lipinski definition) is 2. The predicted octanol–water partition coefficient (Wildman–Crippen LogP) is 1.89. The fraction of sp³-hybridized carbons (Fsp3) is 0.286. The Hall–Kier alpha value is -3.03. The first-order chi connectivity index (χ1) is 13.5. The first-order valence-corrected chi connectivity index (χ1v) is 9.15. The molecule has 0 atom stereocenters. The molecule has 0 aliphatic heterocycles. The zero-order valence-corrected chi connectivity index (χ0v) is 16.2. The van der Waals surface area contributed by atoms with Crippen LogP contribution >= 0.6 is 0 Å². The number of hydrogen-bond acceptors (Lipinski definition) is 6. The van der Waals surface area contributed by atoms with Gasteiger partial charge in [0.2, 0.25) is 0 Å². The van der Waals surface area contributed by atoms with Gasteiger partial charge in [-0.05, 0) is 31.3 Å². The summed E-state index contributed by atoms with van der Waals surface area (Å²) in [5.74, 6) is 0. The summed E-state index contributed by atoms with van der Waals surface area (Å²) in [6.07, 6.45) is 3.48. The second-order valence-electron chi connectivity index (χ2n) is 6.79. The van der Waals surface area contributed by atoms with E-state index in [1.807, 2.05) is 49.3 Å². The van der Waals surface area contributed by atoms with Crippen molar-refractivity contribution in [2.24, 2.45) is 0 Å². The lowest BCUT2D eigenvalue weighted by Gasteiger charge is -2.19. The van der Waals surface area contributed by atoms with Crippen molar-refractivity contribution < 1.29 is 5.11 Å². The third-order valence-electron chi connectivity index (χ3n) is 4.39. The van der Waals surface area contributed by atoms with Gasteiger partial charge in [-0.25, -0.2) is 0 Å². The van der Waals surface area contributed by atoms with Crippen molar-refractivity contribution in [3.8, 4) is 11.4 Å². The van der Waals surface area contributed by atoms with Gasteiger partial charge in [0, 0.05) is 62.6 Å². The summed E-state index contributed by atoms with van der Waals surface area (Å²) in [5, 5.41) is 9.13. The van der Waals surface area contributed by atoms with E-state index in [4.69, 9.17) is 5.11 Å². The minimum atomic E-state index is -0.0640. The summed E-state index contributed by atoms with van der Waals surface area (Å²) in [5.41, 5.74) is 4.02. The van der Waals surface area contributed by atoms with E-state index in [0.29, 0.717) is 31.0 Å². The quantitative estimate of drug-likeness (QED) is 0.622. The van der Waals surface area contributed by atoms with Gasteiger partial charge in [-0.1, -0.05) is 6.07 Å². The SMILES string of the molecule is CN(Cc1ccccn1)Cc1cc(=O)cc(-c2cc(N(C)CCO)ccn2)[nH]1. The molecule has 0 saturated heterocycles. The standard InChI is InChI=1S/C21H25N5O2/c1-25(14-16-5-3-4-7-22-16)15-17-11-19(28)13-21(24-17)20-12-18(6-8-23-20)26(2)9-10-27/h3-8,11-13,27H,9-10,14-15H2,1-2H3,(H,24,28). The molecule has 0 aromatic carbocycles. The van der Waals surface area contributed by atoms with Crippen molar-refractivity contribution in [1.82, 2.24) is 19.9 Å². The van der Waals surface area contributed by atoms with Crippen molar-refractivity contribution in [2.75, 3.05) is 32.1 Å². The topological polar surface area (TPSA) is 85.3 Å². The molecule has 3 heterocycles. The van der Waals surface area contributed by atoms with E-state index in [1.54, 1.807) is 24.5 Å². The second-order valence-corrected chi connectivity index (χ2v) is 6.79. The van der Waals surface area contributed by atoms with Crippen LogP contribution in [0.15, 0.2) is 59.7 Å². The van der Waals surface area contributed by atoms with Gasteiger partial charge in [0.15, 0.2) is 5.43 Å². The van der Waals surface area contributed by atoms with Crippen molar-refractivity contribution >= 4 is 5.69 Å². The molecule has 7 nitrogen and oxygen atoms in total. The molecule has 3 rings (SSSR count). The van der Waals surface area contributed by atoms with Crippen LogP contribution in [-0.4, -0.2) is 52.2 Å². The smallest absolute Gasteiger partial charge is 0.182 e. The second kappa shape index (κ2) is 9.25. The molecule has 0 spiro atoms. The third kappa shape index (κ3) is 5.25. The lowest BCUT2D eigenvalue weighted by Crippen LogP contribution is -2.21. The summed E-state index contributed by atoms with van der Waals surface area (Å²) in [6, 6.07) is 12.8. The molecule has 0 saturated carbocycles. The van der Waals surface area contributed by atoms with Gasteiger partial charge in [0.05, 0.1) is 23.7 Å². The van der Waals surface area contributed by atoms with Crippen LogP contribution in [0.3, 0.4) is 0 Å². The Labute approximate surface area is 164 Å². The third-order valence-corrected chi connectivity index (χ3v) is 4.39. The van der Waals surface area contributed by atoms with Crippen LogP contribution in [-0.2, 0) is 13.1 Å². The zero-order chi connectivity index (χ0) is 19.9. The van der Waals surface area contributed by atoms with E-state index in [0.717, 1.165) is 17.1 Å². The van der Waals surface area contributed by atoms with E-state index < -0.39 is 0 Å². The number of nitrogens with zero attached hydrogens (tertiary/aromatic N) is 4. The van der Waals surface area contributed by atoms with E-state index in [2.05, 4.69) is 19.9 Å². The fourth-order valence-corrected chi connectivity index (χ4v) is 3.02. The number of nitrogens with one attached hydrogen (secondary N) is 1. The van der Waals surface area contributed by atoms with Crippen LogP contribution in [0.4, 0.5) is 5.69 Å². The molecule has 0 fully saturated rings. The lowest BCUT2D eigenvalue weighted by molar-refractivity contribution is 0.304. The maximum Gasteiger partial charge on any atom is 0.182 e. The molecule has 0 amide bonds. The van der Waals surface area contributed by atoms with Crippen molar-refractivity contribution in [2.45, 2.75) is 13.1 Å². The van der Waals surface area contributed by atoms with Crippen LogP contribution in [0.5, 0.6) is 0 Å². The number of H-pyrrole nitrogens is 1. The minimum absolute atomic E-state index is 0.0640. The predicted molar refractivity (Wildman–Crippen MR) is 110 cm³/mol. The van der Waals surface area contributed by atoms with Gasteiger partial charge in [-0.2, -0.15) is 0 Å². The summed E-state index contributed by atoms with van der Waals surface area (Å²) in [4.78, 5) is 28.3. The largest absolute Gasteiger partial charge is 0.395 e. The van der Waals surface area contributed by atoms with Gasteiger partial charge in [0.1, 0.15) is 0 Å². The molecule has 2 N–H and O–H groups in total. The minimum Gasteiger partial charge on any atom is -0.395 e. The normalized spacial score (nSPS) is 11.0. The molecular weight excluding hydrogens is 354 g/mol. The Morgan fingerprint density at radius 2 is 1.89 bits per heavy atom. The van der Waals surface area contributed by atoms with Crippen LogP contribution in [0.25, 0.3) is 11.4 Å². The molecule has 0 aliphatic rings. The average molecular weight is 379 g/mol. The summed E-state index contributed by atoms with van der Waals surface area (Å²) in [6.45, 7) is 1.87. The highest BCUT2D eigenvalue weighted by atomic mass is 16.3. The Morgan fingerprint density at radius 1 is 1.04 bits per heavy atom. The van der Waals surface area contributed by atoms with E-state index in [1.165, 1.54) is 0 Å². The highest BCUT2D eigenvalue weighted by Gasteiger charge is 2.09. The molecule has 7 heteroatoms. The van der Waals surface area contributed by atoms with Gasteiger partial charge in [-0.3, -0.25) is 19.7 Å². The average Bonchev–Trinajstić information content (AvgIpc) is 2.68. The molecule has 146 valence electrons. The Bertz CT molecular complexity index is 958. The molecule has 0 unspecified atom stereocenters. The molecule has 0 bridgehead atoms. The zero-order valence-electron chi connectivity index (χ0n) is 16.2. The number of aliphatic hydroxyl groups excluding tert-OH is 1. The molecule has 0 radical (unpaired) electrons. The van der Waals surface area contributed by atoms with Crippen molar-refractivity contribution in [3.05, 3.63) is 76.5 Å². The van der Waals surface area contributed by atoms with E-state index in [-0.39, 0.29) is 12.0 Å². The monoisotopic (exact) mass is 379 g/mol. The number of pyridine rings is 3. The Kier molecular flexibility index (Phi) is 6.52. The summed E-state index contributed by atoms with van der Waals surface area (Å²) in [7, 11) is 3.89.